The number of hydrogen-bond donors (Lipinski definition) is 2. The van der Waals surface area contributed by atoms with Crippen molar-refractivity contribution >= 4 is 5.97 Å². The van der Waals surface area contributed by atoms with Crippen LogP contribution in [0.15, 0.2) is 0 Å². The Kier molecular flexibility index (Phi) is 5.89. The molecule has 0 spiro atoms. The fourth-order valence-electron chi connectivity index (χ4n) is 1.08. The van der Waals surface area contributed by atoms with Gasteiger partial charge in [0.15, 0.2) is 0 Å². The van der Waals surface area contributed by atoms with Crippen LogP contribution in [0.4, 0.5) is 13.2 Å². The molecule has 1 saturated heterocycles. The number of carbonyl (C=O) groups is 1. The van der Waals surface area contributed by atoms with Gasteiger partial charge in [0.25, 0.3) is 0 Å². The first-order valence-electron chi connectivity index (χ1n) is 4.74. The Morgan fingerprint density at radius 2 is 2.06 bits per heavy atom. The van der Waals surface area contributed by atoms with Gasteiger partial charge in [0.05, 0.1) is 0 Å². The molecular weight excluding hydrogens is 223 g/mol. The van der Waals surface area contributed by atoms with Gasteiger partial charge in [0, 0.05) is 5.92 Å². The van der Waals surface area contributed by atoms with E-state index < -0.39 is 12.1 Å². The van der Waals surface area contributed by atoms with Gasteiger partial charge in [-0.05, 0) is 25.4 Å². The zero-order valence-electron chi connectivity index (χ0n) is 8.84. The lowest BCUT2D eigenvalue weighted by Gasteiger charge is -2.27. The molecule has 1 aliphatic rings. The van der Waals surface area contributed by atoms with Crippen LogP contribution in [0, 0.1) is 24.2 Å². The Morgan fingerprint density at radius 3 is 2.25 bits per heavy atom. The summed E-state index contributed by atoms with van der Waals surface area (Å²) in [4.78, 5) is 8.90. The summed E-state index contributed by atoms with van der Waals surface area (Å²) in [6.45, 7) is 4.45. The molecule has 0 saturated carbocycles. The molecule has 0 bridgehead atoms. The number of halogens is 3. The van der Waals surface area contributed by atoms with E-state index in [0.29, 0.717) is 5.92 Å². The van der Waals surface area contributed by atoms with Gasteiger partial charge in [-0.15, -0.1) is 12.3 Å². The summed E-state index contributed by atoms with van der Waals surface area (Å²) < 4.78 is 31.7. The molecule has 16 heavy (non-hydrogen) atoms. The molecule has 6 heteroatoms. The van der Waals surface area contributed by atoms with E-state index in [0.717, 1.165) is 5.92 Å². The number of carboxylic acid groups (broad SMARTS) is 1. The standard InChI is InChI=1S/C8H13N.C2HF3O2/c1-3-7(2)4-8-5-9-6-8;3-2(4,5)1(6)7/h1,7-9H,4-6H2,2H3;(H,6,7). The summed E-state index contributed by atoms with van der Waals surface area (Å²) in [5.41, 5.74) is 0. The molecule has 0 amide bonds. The first-order valence-corrected chi connectivity index (χ1v) is 4.74. The molecule has 1 unspecified atom stereocenters. The molecule has 0 aromatic heterocycles. The second-order valence-electron chi connectivity index (χ2n) is 3.63. The molecule has 2 N–H and O–H groups in total. The Labute approximate surface area is 92.0 Å². The average Bonchev–Trinajstić information content (AvgIpc) is 2.10. The summed E-state index contributed by atoms with van der Waals surface area (Å²) in [7, 11) is 0. The summed E-state index contributed by atoms with van der Waals surface area (Å²) in [5.74, 6) is 1.31. The van der Waals surface area contributed by atoms with Crippen molar-refractivity contribution in [1.82, 2.24) is 5.32 Å². The molecule has 1 atom stereocenters. The molecule has 0 aliphatic carbocycles. The van der Waals surface area contributed by atoms with Crippen molar-refractivity contribution in [2.24, 2.45) is 11.8 Å². The second kappa shape index (κ2) is 6.38. The molecule has 0 aromatic rings. The Bertz CT molecular complexity index is 266. The summed E-state index contributed by atoms with van der Waals surface area (Å²) in [6, 6.07) is 0. The molecular formula is C10H14F3NO2. The van der Waals surface area contributed by atoms with Gasteiger partial charge < -0.3 is 10.4 Å². The SMILES string of the molecule is C#CC(C)CC1CNC1.O=C(O)C(F)(F)F. The molecule has 1 heterocycles. The number of carboxylic acids is 1. The van der Waals surface area contributed by atoms with Crippen molar-refractivity contribution in [1.29, 1.82) is 0 Å². The average molecular weight is 237 g/mol. The van der Waals surface area contributed by atoms with Crippen LogP contribution in [-0.4, -0.2) is 30.3 Å². The largest absolute Gasteiger partial charge is 0.490 e. The van der Waals surface area contributed by atoms with Gasteiger partial charge in [0.1, 0.15) is 0 Å². The third-order valence-electron chi connectivity index (χ3n) is 2.08. The van der Waals surface area contributed by atoms with E-state index in [4.69, 9.17) is 16.3 Å². The van der Waals surface area contributed by atoms with E-state index in [1.807, 2.05) is 0 Å². The highest BCUT2D eigenvalue weighted by Gasteiger charge is 2.38. The van der Waals surface area contributed by atoms with Crippen LogP contribution in [0.25, 0.3) is 0 Å². The summed E-state index contributed by atoms with van der Waals surface area (Å²) in [5, 5.41) is 10.3. The maximum Gasteiger partial charge on any atom is 0.490 e. The minimum Gasteiger partial charge on any atom is -0.475 e. The predicted molar refractivity (Wildman–Crippen MR) is 52.7 cm³/mol. The number of rotatable bonds is 2. The van der Waals surface area contributed by atoms with Crippen molar-refractivity contribution in [3.05, 3.63) is 0 Å². The lowest BCUT2D eigenvalue weighted by Crippen LogP contribution is -2.42. The highest BCUT2D eigenvalue weighted by atomic mass is 19.4. The van der Waals surface area contributed by atoms with E-state index in [1.54, 1.807) is 0 Å². The van der Waals surface area contributed by atoms with Crippen molar-refractivity contribution in [3.63, 3.8) is 0 Å². The lowest BCUT2D eigenvalue weighted by molar-refractivity contribution is -0.192. The molecule has 1 aliphatic heterocycles. The summed E-state index contributed by atoms with van der Waals surface area (Å²) in [6.07, 6.45) is 1.34. The van der Waals surface area contributed by atoms with Crippen LogP contribution < -0.4 is 5.32 Å². The zero-order valence-corrected chi connectivity index (χ0v) is 8.84. The fourth-order valence-corrected chi connectivity index (χ4v) is 1.08. The van der Waals surface area contributed by atoms with E-state index in [9.17, 15) is 13.2 Å². The van der Waals surface area contributed by atoms with Crippen LogP contribution in [0.1, 0.15) is 13.3 Å². The molecule has 1 fully saturated rings. The normalized spacial score (nSPS) is 17.4. The number of nitrogens with one attached hydrogen (secondary N) is 1. The Morgan fingerprint density at radius 1 is 1.62 bits per heavy atom. The number of alkyl halides is 3. The van der Waals surface area contributed by atoms with E-state index >= 15 is 0 Å². The maximum absolute atomic E-state index is 10.6. The zero-order chi connectivity index (χ0) is 12.8. The molecule has 1 rings (SSSR count). The number of terminal acetylenes is 1. The number of aliphatic carboxylic acids is 1. The molecule has 92 valence electrons. The maximum atomic E-state index is 10.6. The third-order valence-corrected chi connectivity index (χ3v) is 2.08. The highest BCUT2D eigenvalue weighted by Crippen LogP contribution is 2.14. The Balaban J connectivity index is 0.000000293. The first-order chi connectivity index (χ1) is 7.27. The fraction of sp³-hybridized carbons (Fsp3) is 0.700. The smallest absolute Gasteiger partial charge is 0.475 e. The van der Waals surface area contributed by atoms with Crippen molar-refractivity contribution in [2.75, 3.05) is 13.1 Å². The van der Waals surface area contributed by atoms with E-state index in [1.165, 1.54) is 19.5 Å². The summed E-state index contributed by atoms with van der Waals surface area (Å²) >= 11 is 0. The van der Waals surface area contributed by atoms with Crippen LogP contribution in [-0.2, 0) is 4.79 Å². The Hall–Kier alpha value is -1.22. The van der Waals surface area contributed by atoms with Crippen LogP contribution in [0.3, 0.4) is 0 Å². The van der Waals surface area contributed by atoms with E-state index in [-0.39, 0.29) is 0 Å². The minimum atomic E-state index is -5.08. The van der Waals surface area contributed by atoms with Crippen molar-refractivity contribution < 1.29 is 23.1 Å². The van der Waals surface area contributed by atoms with Crippen molar-refractivity contribution in [2.45, 2.75) is 19.5 Å². The second-order valence-corrected chi connectivity index (χ2v) is 3.63. The third kappa shape index (κ3) is 6.30. The number of hydrogen-bond acceptors (Lipinski definition) is 2. The van der Waals surface area contributed by atoms with E-state index in [2.05, 4.69) is 18.2 Å². The quantitative estimate of drug-likeness (QED) is 0.715. The predicted octanol–water partition coefficient (Wildman–Crippen LogP) is 1.50. The van der Waals surface area contributed by atoms with Gasteiger partial charge in [-0.1, -0.05) is 6.92 Å². The molecule has 3 nitrogen and oxygen atoms in total. The van der Waals surface area contributed by atoms with Gasteiger partial charge in [0.2, 0.25) is 0 Å². The van der Waals surface area contributed by atoms with Crippen molar-refractivity contribution in [3.8, 4) is 12.3 Å². The van der Waals surface area contributed by atoms with Crippen LogP contribution in [0.5, 0.6) is 0 Å². The molecule has 0 radical (unpaired) electrons. The lowest BCUT2D eigenvalue weighted by atomic mass is 9.92. The highest BCUT2D eigenvalue weighted by molar-refractivity contribution is 5.73. The minimum absolute atomic E-state index is 0.470. The molecule has 0 aromatic carbocycles. The topological polar surface area (TPSA) is 49.3 Å². The van der Waals surface area contributed by atoms with Gasteiger partial charge in [-0.25, -0.2) is 4.79 Å². The monoisotopic (exact) mass is 237 g/mol. The van der Waals surface area contributed by atoms with Gasteiger partial charge >= 0.3 is 12.1 Å². The van der Waals surface area contributed by atoms with Crippen LogP contribution in [0.2, 0.25) is 0 Å². The van der Waals surface area contributed by atoms with Gasteiger partial charge in [-0.2, -0.15) is 13.2 Å². The van der Waals surface area contributed by atoms with Gasteiger partial charge in [-0.3, -0.25) is 0 Å². The first kappa shape index (κ1) is 14.8. The van der Waals surface area contributed by atoms with Crippen LogP contribution >= 0.6 is 0 Å².